The molecule has 2 aromatic rings. The third-order valence-corrected chi connectivity index (χ3v) is 3.79. The second kappa shape index (κ2) is 5.65. The molecule has 0 saturated carbocycles. The van der Waals surface area contributed by atoms with Crippen LogP contribution in [0, 0.1) is 11.3 Å². The quantitative estimate of drug-likeness (QED) is 0.939. The van der Waals surface area contributed by atoms with Crippen LogP contribution in [0.3, 0.4) is 0 Å². The second-order valence-corrected chi connectivity index (χ2v) is 5.84. The van der Waals surface area contributed by atoms with E-state index in [1.807, 2.05) is 6.07 Å². The summed E-state index contributed by atoms with van der Waals surface area (Å²) in [6.45, 7) is 0. The zero-order valence-corrected chi connectivity index (χ0v) is 11.6. The molecule has 0 atom stereocenters. The first kappa shape index (κ1) is 15.8. The van der Waals surface area contributed by atoms with Gasteiger partial charge in [-0.25, -0.2) is 0 Å². The highest BCUT2D eigenvalue weighted by Crippen LogP contribution is 2.31. The lowest BCUT2D eigenvalue weighted by Gasteiger charge is -2.13. The normalized spacial score (nSPS) is 11.7. The highest BCUT2D eigenvalue weighted by atomic mass is 32.2. The van der Waals surface area contributed by atoms with Crippen LogP contribution < -0.4 is 4.72 Å². The van der Waals surface area contributed by atoms with Crippen molar-refractivity contribution < 1.29 is 21.6 Å². The SMILES string of the molecule is N#Cc1ccc(-c2cnccc2NS(=O)(=O)C(F)(F)F)cc1. The number of halogens is 3. The Morgan fingerprint density at radius 2 is 1.77 bits per heavy atom. The van der Waals surface area contributed by atoms with Crippen molar-refractivity contribution in [3.8, 4) is 17.2 Å². The van der Waals surface area contributed by atoms with E-state index in [0.29, 0.717) is 11.1 Å². The van der Waals surface area contributed by atoms with Gasteiger partial charge in [0.2, 0.25) is 0 Å². The Balaban J connectivity index is 2.45. The molecule has 22 heavy (non-hydrogen) atoms. The average Bonchev–Trinajstić information content (AvgIpc) is 2.46. The Bertz CT molecular complexity index is 825. The maximum atomic E-state index is 12.4. The van der Waals surface area contributed by atoms with Crippen molar-refractivity contribution in [1.29, 1.82) is 5.26 Å². The standard InChI is InChI=1S/C13H8F3N3O2S/c14-13(15,16)22(20,21)19-12-5-6-18-8-11(12)10-3-1-9(7-17)2-4-10/h1-6,8H,(H,18,19). The molecule has 0 aliphatic carbocycles. The van der Waals surface area contributed by atoms with Crippen molar-refractivity contribution in [1.82, 2.24) is 4.98 Å². The molecule has 1 N–H and O–H groups in total. The lowest BCUT2D eigenvalue weighted by molar-refractivity contribution is -0.0429. The summed E-state index contributed by atoms with van der Waals surface area (Å²) in [4.78, 5) is 3.78. The lowest BCUT2D eigenvalue weighted by atomic mass is 10.0. The first-order chi connectivity index (χ1) is 10.2. The van der Waals surface area contributed by atoms with Crippen LogP contribution in [0.25, 0.3) is 11.1 Å². The number of aromatic nitrogens is 1. The monoisotopic (exact) mass is 327 g/mol. The van der Waals surface area contributed by atoms with Gasteiger partial charge in [-0.3, -0.25) is 9.71 Å². The minimum absolute atomic E-state index is 0.166. The Morgan fingerprint density at radius 3 is 2.32 bits per heavy atom. The van der Waals surface area contributed by atoms with E-state index in [1.165, 1.54) is 41.4 Å². The molecule has 0 bridgehead atoms. The molecule has 114 valence electrons. The Kier molecular flexibility index (Phi) is 4.05. The van der Waals surface area contributed by atoms with E-state index in [1.54, 1.807) is 0 Å². The molecule has 0 aliphatic heterocycles. The summed E-state index contributed by atoms with van der Waals surface area (Å²) in [6, 6.07) is 8.92. The number of hydrogen-bond acceptors (Lipinski definition) is 4. The number of sulfonamides is 1. The molecule has 1 heterocycles. The zero-order valence-electron chi connectivity index (χ0n) is 10.8. The Hall–Kier alpha value is -2.60. The van der Waals surface area contributed by atoms with E-state index in [9.17, 15) is 21.6 Å². The Morgan fingerprint density at radius 1 is 1.14 bits per heavy atom. The third-order valence-electron chi connectivity index (χ3n) is 2.70. The number of benzene rings is 1. The van der Waals surface area contributed by atoms with Crippen LogP contribution in [0.2, 0.25) is 0 Å². The van der Waals surface area contributed by atoms with E-state index in [2.05, 4.69) is 4.98 Å². The summed E-state index contributed by atoms with van der Waals surface area (Å²) in [5.74, 6) is 0. The Labute approximate surface area is 124 Å². The van der Waals surface area contributed by atoms with Crippen molar-refractivity contribution in [2.75, 3.05) is 4.72 Å². The van der Waals surface area contributed by atoms with Crippen LogP contribution in [0.1, 0.15) is 5.56 Å². The van der Waals surface area contributed by atoms with Crippen LogP contribution in [-0.2, 0) is 10.0 Å². The molecule has 0 amide bonds. The lowest BCUT2D eigenvalue weighted by Crippen LogP contribution is -2.30. The van der Waals surface area contributed by atoms with Crippen molar-refractivity contribution >= 4 is 15.7 Å². The van der Waals surface area contributed by atoms with E-state index in [4.69, 9.17) is 5.26 Å². The summed E-state index contributed by atoms with van der Waals surface area (Å²) in [5.41, 5.74) is -4.72. The summed E-state index contributed by atoms with van der Waals surface area (Å²) in [7, 11) is -5.52. The molecule has 1 aromatic heterocycles. The van der Waals surface area contributed by atoms with Gasteiger partial charge in [0.1, 0.15) is 0 Å². The first-order valence-electron chi connectivity index (χ1n) is 5.78. The fourth-order valence-electron chi connectivity index (χ4n) is 1.64. The maximum absolute atomic E-state index is 12.4. The summed E-state index contributed by atoms with van der Waals surface area (Å²) in [6.07, 6.45) is 2.40. The van der Waals surface area contributed by atoms with Gasteiger partial charge in [-0.15, -0.1) is 0 Å². The smallest absolute Gasteiger partial charge is 0.275 e. The molecule has 9 heteroatoms. The van der Waals surface area contributed by atoms with Gasteiger partial charge in [0.05, 0.1) is 17.3 Å². The molecule has 0 unspecified atom stereocenters. The van der Waals surface area contributed by atoms with Gasteiger partial charge in [-0.05, 0) is 23.8 Å². The molecule has 5 nitrogen and oxygen atoms in total. The summed E-state index contributed by atoms with van der Waals surface area (Å²) >= 11 is 0. The fraction of sp³-hybridized carbons (Fsp3) is 0.0769. The number of nitriles is 1. The van der Waals surface area contributed by atoms with Crippen LogP contribution >= 0.6 is 0 Å². The van der Waals surface area contributed by atoms with E-state index in [-0.39, 0.29) is 11.3 Å². The van der Waals surface area contributed by atoms with Crippen molar-refractivity contribution in [2.45, 2.75) is 5.51 Å². The van der Waals surface area contributed by atoms with E-state index in [0.717, 1.165) is 6.07 Å². The molecule has 0 spiro atoms. The number of anilines is 1. The molecule has 0 saturated heterocycles. The average molecular weight is 327 g/mol. The van der Waals surface area contributed by atoms with E-state index < -0.39 is 15.5 Å². The van der Waals surface area contributed by atoms with Gasteiger partial charge in [0.25, 0.3) is 0 Å². The largest absolute Gasteiger partial charge is 0.516 e. The summed E-state index contributed by atoms with van der Waals surface area (Å²) in [5, 5.41) is 8.72. The van der Waals surface area contributed by atoms with Gasteiger partial charge < -0.3 is 0 Å². The van der Waals surface area contributed by atoms with Gasteiger partial charge in [0, 0.05) is 18.0 Å². The fourth-order valence-corrected chi connectivity index (χ4v) is 2.22. The molecule has 0 fully saturated rings. The van der Waals surface area contributed by atoms with Gasteiger partial charge in [-0.1, -0.05) is 12.1 Å². The predicted octanol–water partition coefficient (Wildman–Crippen LogP) is 2.88. The third kappa shape index (κ3) is 3.17. The topological polar surface area (TPSA) is 82.8 Å². The molecular formula is C13H8F3N3O2S. The van der Waals surface area contributed by atoms with Crippen LogP contribution in [0.5, 0.6) is 0 Å². The summed E-state index contributed by atoms with van der Waals surface area (Å²) < 4.78 is 61.3. The van der Waals surface area contributed by atoms with E-state index >= 15 is 0 Å². The number of alkyl halides is 3. The maximum Gasteiger partial charge on any atom is 0.516 e. The van der Waals surface area contributed by atoms with Gasteiger partial charge in [0.15, 0.2) is 0 Å². The van der Waals surface area contributed by atoms with Gasteiger partial charge in [-0.2, -0.15) is 26.9 Å². The molecule has 0 radical (unpaired) electrons. The van der Waals surface area contributed by atoms with Crippen molar-refractivity contribution in [3.63, 3.8) is 0 Å². The minimum atomic E-state index is -5.52. The molecular weight excluding hydrogens is 319 g/mol. The minimum Gasteiger partial charge on any atom is -0.275 e. The molecule has 2 rings (SSSR count). The van der Waals surface area contributed by atoms with Crippen molar-refractivity contribution in [3.05, 3.63) is 48.3 Å². The number of rotatable bonds is 3. The second-order valence-electron chi connectivity index (χ2n) is 4.16. The van der Waals surface area contributed by atoms with Crippen LogP contribution in [-0.4, -0.2) is 18.9 Å². The van der Waals surface area contributed by atoms with Crippen LogP contribution in [0.4, 0.5) is 18.9 Å². The first-order valence-corrected chi connectivity index (χ1v) is 7.26. The molecule has 0 aliphatic rings. The number of pyridine rings is 1. The number of hydrogen-bond donors (Lipinski definition) is 1. The van der Waals surface area contributed by atoms with Crippen LogP contribution in [0.15, 0.2) is 42.7 Å². The number of nitrogens with zero attached hydrogens (tertiary/aromatic N) is 2. The molecule has 1 aromatic carbocycles. The number of nitrogens with one attached hydrogen (secondary N) is 1. The predicted molar refractivity (Wildman–Crippen MR) is 73.0 cm³/mol. The van der Waals surface area contributed by atoms with Gasteiger partial charge >= 0.3 is 15.5 Å². The highest BCUT2D eigenvalue weighted by Gasteiger charge is 2.46. The highest BCUT2D eigenvalue weighted by molar-refractivity contribution is 7.93. The zero-order chi connectivity index (χ0) is 16.4. The van der Waals surface area contributed by atoms with Crippen molar-refractivity contribution in [2.24, 2.45) is 0 Å².